The van der Waals surface area contributed by atoms with Gasteiger partial charge >= 0.3 is 0 Å². The van der Waals surface area contributed by atoms with Crippen LogP contribution in [-0.4, -0.2) is 29.1 Å². The van der Waals surface area contributed by atoms with Gasteiger partial charge in [0, 0.05) is 36.2 Å². The molecule has 128 valence electrons. The maximum Gasteiger partial charge on any atom is 0.170 e. The molecule has 1 aromatic carbocycles. The molecule has 0 bridgehead atoms. The molecule has 1 aliphatic rings. The number of hydrogen-bond acceptors (Lipinski definition) is 3. The summed E-state index contributed by atoms with van der Waals surface area (Å²) in [7, 11) is 0. The molecule has 5 heteroatoms. The Bertz CT molecular complexity index is 654. The molecule has 2 N–H and O–H groups in total. The number of thiocarbonyl (C=S) groups is 1. The standard InChI is InChI=1S/C19H25N3S2/c1-14-10-15(2)12-17(11-14)21-19(23)20-16-5-7-22(8-6-16)13-18-4-3-9-24-18/h3-4,9-12,16H,5-8,13H2,1-2H3,(H2,20,21,23). The molecule has 1 aromatic heterocycles. The lowest BCUT2D eigenvalue weighted by atomic mass is 10.1. The lowest BCUT2D eigenvalue weighted by Crippen LogP contribution is -2.45. The fourth-order valence-corrected chi connectivity index (χ4v) is 4.29. The van der Waals surface area contributed by atoms with E-state index in [1.54, 1.807) is 0 Å². The first kappa shape index (κ1) is 17.4. The van der Waals surface area contributed by atoms with E-state index in [9.17, 15) is 0 Å². The van der Waals surface area contributed by atoms with Crippen LogP contribution >= 0.6 is 23.6 Å². The van der Waals surface area contributed by atoms with Crippen LogP contribution in [0.3, 0.4) is 0 Å². The van der Waals surface area contributed by atoms with Crippen molar-refractivity contribution < 1.29 is 0 Å². The molecular weight excluding hydrogens is 334 g/mol. The van der Waals surface area contributed by atoms with Crippen molar-refractivity contribution in [3.05, 3.63) is 51.7 Å². The van der Waals surface area contributed by atoms with Gasteiger partial charge in [0.2, 0.25) is 0 Å². The first-order chi connectivity index (χ1) is 11.6. The van der Waals surface area contributed by atoms with E-state index >= 15 is 0 Å². The molecule has 0 unspecified atom stereocenters. The first-order valence-corrected chi connectivity index (χ1v) is 9.78. The minimum atomic E-state index is 0.468. The number of hydrogen-bond donors (Lipinski definition) is 2. The summed E-state index contributed by atoms with van der Waals surface area (Å²) >= 11 is 7.34. The van der Waals surface area contributed by atoms with Gasteiger partial charge in [-0.05, 0) is 73.6 Å². The van der Waals surface area contributed by atoms with Crippen LogP contribution in [0, 0.1) is 13.8 Å². The molecule has 0 atom stereocenters. The highest BCUT2D eigenvalue weighted by Gasteiger charge is 2.20. The maximum atomic E-state index is 5.49. The zero-order valence-corrected chi connectivity index (χ0v) is 16.0. The summed E-state index contributed by atoms with van der Waals surface area (Å²) in [5.74, 6) is 0. The Balaban J connectivity index is 1.44. The van der Waals surface area contributed by atoms with Crippen LogP contribution in [0.25, 0.3) is 0 Å². The smallest absolute Gasteiger partial charge is 0.170 e. The van der Waals surface area contributed by atoms with Gasteiger partial charge in [0.1, 0.15) is 0 Å². The van der Waals surface area contributed by atoms with E-state index in [1.165, 1.54) is 16.0 Å². The second-order valence-corrected chi connectivity index (χ2v) is 8.05. The number of piperidine rings is 1. The van der Waals surface area contributed by atoms with Crippen LogP contribution in [0.2, 0.25) is 0 Å². The molecule has 24 heavy (non-hydrogen) atoms. The Morgan fingerprint density at radius 2 is 1.92 bits per heavy atom. The maximum absolute atomic E-state index is 5.49. The molecule has 0 aliphatic carbocycles. The number of aryl methyl sites for hydroxylation is 2. The van der Waals surface area contributed by atoms with Crippen molar-refractivity contribution in [2.24, 2.45) is 0 Å². The summed E-state index contributed by atoms with van der Waals surface area (Å²) < 4.78 is 0. The van der Waals surface area contributed by atoms with E-state index in [2.05, 4.69) is 65.1 Å². The van der Waals surface area contributed by atoms with Crippen molar-refractivity contribution in [1.82, 2.24) is 10.2 Å². The van der Waals surface area contributed by atoms with Gasteiger partial charge in [-0.3, -0.25) is 4.90 Å². The van der Waals surface area contributed by atoms with Crippen LogP contribution < -0.4 is 10.6 Å². The van der Waals surface area contributed by atoms with E-state index in [0.717, 1.165) is 43.3 Å². The largest absolute Gasteiger partial charge is 0.360 e. The summed E-state index contributed by atoms with van der Waals surface area (Å²) in [5.41, 5.74) is 3.57. The predicted octanol–water partition coefficient (Wildman–Crippen LogP) is 4.32. The SMILES string of the molecule is Cc1cc(C)cc(NC(=S)NC2CCN(Cc3cccs3)CC2)c1. The van der Waals surface area contributed by atoms with Crippen molar-refractivity contribution in [2.45, 2.75) is 39.3 Å². The number of anilines is 1. The van der Waals surface area contributed by atoms with Crippen molar-refractivity contribution in [1.29, 1.82) is 0 Å². The van der Waals surface area contributed by atoms with Gasteiger partial charge in [-0.1, -0.05) is 12.1 Å². The number of nitrogens with zero attached hydrogens (tertiary/aromatic N) is 1. The Kier molecular flexibility index (Phi) is 5.87. The highest BCUT2D eigenvalue weighted by atomic mass is 32.1. The molecule has 3 nitrogen and oxygen atoms in total. The highest BCUT2D eigenvalue weighted by Crippen LogP contribution is 2.17. The number of thiophene rings is 1. The Morgan fingerprint density at radius 3 is 2.54 bits per heavy atom. The van der Waals surface area contributed by atoms with E-state index < -0.39 is 0 Å². The lowest BCUT2D eigenvalue weighted by molar-refractivity contribution is 0.201. The zero-order valence-electron chi connectivity index (χ0n) is 14.3. The fourth-order valence-electron chi connectivity index (χ4n) is 3.26. The van der Waals surface area contributed by atoms with Crippen LogP contribution in [0.4, 0.5) is 5.69 Å². The van der Waals surface area contributed by atoms with Crippen molar-refractivity contribution in [2.75, 3.05) is 18.4 Å². The normalized spacial score (nSPS) is 16.1. The molecule has 0 saturated carbocycles. The van der Waals surface area contributed by atoms with E-state index in [1.807, 2.05) is 11.3 Å². The van der Waals surface area contributed by atoms with Crippen LogP contribution in [0.15, 0.2) is 35.7 Å². The quantitative estimate of drug-likeness (QED) is 0.795. The Labute approximate surface area is 154 Å². The van der Waals surface area contributed by atoms with Gasteiger partial charge in [-0.15, -0.1) is 11.3 Å². The number of rotatable bonds is 4. The molecule has 0 spiro atoms. The third-order valence-corrected chi connectivity index (χ3v) is 5.44. The zero-order chi connectivity index (χ0) is 16.9. The molecule has 3 rings (SSSR count). The van der Waals surface area contributed by atoms with Crippen molar-refractivity contribution >= 4 is 34.4 Å². The Hall–Kier alpha value is -1.43. The van der Waals surface area contributed by atoms with Crippen molar-refractivity contribution in [3.8, 4) is 0 Å². The average molecular weight is 360 g/mol. The highest BCUT2D eigenvalue weighted by molar-refractivity contribution is 7.80. The van der Waals surface area contributed by atoms with Gasteiger partial charge < -0.3 is 10.6 Å². The number of likely N-dealkylation sites (tertiary alicyclic amines) is 1. The molecule has 1 saturated heterocycles. The predicted molar refractivity (Wildman–Crippen MR) is 108 cm³/mol. The minimum absolute atomic E-state index is 0.468. The summed E-state index contributed by atoms with van der Waals surface area (Å²) in [5, 5.41) is 9.70. The second-order valence-electron chi connectivity index (χ2n) is 6.60. The molecule has 2 heterocycles. The molecule has 1 fully saturated rings. The number of benzene rings is 1. The summed E-state index contributed by atoms with van der Waals surface area (Å²) in [6.07, 6.45) is 2.28. The summed E-state index contributed by atoms with van der Waals surface area (Å²) in [6, 6.07) is 11.2. The molecule has 0 radical (unpaired) electrons. The van der Waals surface area contributed by atoms with Gasteiger partial charge in [-0.2, -0.15) is 0 Å². The van der Waals surface area contributed by atoms with Gasteiger partial charge in [-0.25, -0.2) is 0 Å². The number of nitrogens with one attached hydrogen (secondary N) is 2. The Morgan fingerprint density at radius 1 is 1.21 bits per heavy atom. The molecular formula is C19H25N3S2. The fraction of sp³-hybridized carbons (Fsp3) is 0.421. The van der Waals surface area contributed by atoms with Gasteiger partial charge in [0.15, 0.2) is 5.11 Å². The average Bonchev–Trinajstić information content (AvgIpc) is 3.01. The van der Waals surface area contributed by atoms with Gasteiger partial charge in [0.05, 0.1) is 0 Å². The minimum Gasteiger partial charge on any atom is -0.360 e. The first-order valence-electron chi connectivity index (χ1n) is 8.49. The topological polar surface area (TPSA) is 27.3 Å². The summed E-state index contributed by atoms with van der Waals surface area (Å²) in [4.78, 5) is 3.98. The monoisotopic (exact) mass is 359 g/mol. The van der Waals surface area contributed by atoms with E-state index in [0.29, 0.717) is 6.04 Å². The van der Waals surface area contributed by atoms with Crippen LogP contribution in [-0.2, 0) is 6.54 Å². The van der Waals surface area contributed by atoms with Crippen molar-refractivity contribution in [3.63, 3.8) is 0 Å². The summed E-state index contributed by atoms with van der Waals surface area (Å²) in [6.45, 7) is 7.55. The van der Waals surface area contributed by atoms with Crippen LogP contribution in [0.5, 0.6) is 0 Å². The molecule has 2 aromatic rings. The van der Waals surface area contributed by atoms with Gasteiger partial charge in [0.25, 0.3) is 0 Å². The third kappa shape index (κ3) is 5.03. The third-order valence-electron chi connectivity index (χ3n) is 4.36. The van der Waals surface area contributed by atoms with Crippen LogP contribution in [0.1, 0.15) is 28.8 Å². The van der Waals surface area contributed by atoms with E-state index in [-0.39, 0.29) is 0 Å². The molecule has 1 aliphatic heterocycles. The second kappa shape index (κ2) is 8.10. The lowest BCUT2D eigenvalue weighted by Gasteiger charge is -2.32. The van der Waals surface area contributed by atoms with E-state index in [4.69, 9.17) is 12.2 Å². The molecule has 0 amide bonds.